The van der Waals surface area contributed by atoms with Gasteiger partial charge in [-0.1, -0.05) is 11.6 Å². The third-order valence-electron chi connectivity index (χ3n) is 3.77. The average molecular weight is 389 g/mol. The zero-order chi connectivity index (χ0) is 19.6. The molecule has 0 atom stereocenters. The third-order valence-corrected chi connectivity index (χ3v) is 4.08. The van der Waals surface area contributed by atoms with Crippen molar-refractivity contribution in [1.82, 2.24) is 14.8 Å². The quantitative estimate of drug-likeness (QED) is 0.706. The van der Waals surface area contributed by atoms with Crippen LogP contribution in [-0.2, 0) is 0 Å². The number of ether oxygens (including phenoxy) is 1. The first-order chi connectivity index (χ1) is 12.9. The predicted molar refractivity (Wildman–Crippen MR) is 101 cm³/mol. The number of carbonyl (C=O) groups excluding carboxylic acids is 1. The second kappa shape index (κ2) is 7.75. The second-order valence-electron chi connectivity index (χ2n) is 5.87. The molecular formula is C19H18ClFN4O2. The number of carbonyl (C=O) groups is 1. The van der Waals surface area contributed by atoms with Crippen molar-refractivity contribution in [2.75, 3.05) is 11.9 Å². The first-order valence-electron chi connectivity index (χ1n) is 8.33. The Morgan fingerprint density at radius 3 is 2.67 bits per heavy atom. The van der Waals surface area contributed by atoms with Gasteiger partial charge in [-0.15, -0.1) is 0 Å². The minimum atomic E-state index is -0.556. The maximum absolute atomic E-state index is 14.5. The van der Waals surface area contributed by atoms with Gasteiger partial charge in [0.15, 0.2) is 11.5 Å². The molecule has 6 nitrogen and oxygen atoms in total. The van der Waals surface area contributed by atoms with Crippen LogP contribution < -0.4 is 10.1 Å². The van der Waals surface area contributed by atoms with Crippen LogP contribution in [0.5, 0.6) is 5.88 Å². The van der Waals surface area contributed by atoms with Crippen LogP contribution in [0.3, 0.4) is 0 Å². The van der Waals surface area contributed by atoms with E-state index in [1.807, 2.05) is 26.8 Å². The zero-order valence-corrected chi connectivity index (χ0v) is 15.8. The zero-order valence-electron chi connectivity index (χ0n) is 15.1. The summed E-state index contributed by atoms with van der Waals surface area (Å²) in [6, 6.07) is 9.33. The molecule has 3 aromatic rings. The first kappa shape index (κ1) is 18.8. The number of benzene rings is 1. The Morgan fingerprint density at radius 2 is 2.04 bits per heavy atom. The van der Waals surface area contributed by atoms with Gasteiger partial charge in [0.25, 0.3) is 5.91 Å². The van der Waals surface area contributed by atoms with Crippen LogP contribution in [0.25, 0.3) is 5.69 Å². The molecule has 0 radical (unpaired) electrons. The molecule has 0 saturated carbocycles. The molecule has 140 valence electrons. The fourth-order valence-corrected chi connectivity index (χ4v) is 2.82. The van der Waals surface area contributed by atoms with Crippen molar-refractivity contribution in [3.63, 3.8) is 0 Å². The Kier molecular flexibility index (Phi) is 5.41. The van der Waals surface area contributed by atoms with Crippen molar-refractivity contribution in [3.8, 4) is 11.6 Å². The van der Waals surface area contributed by atoms with E-state index in [1.54, 1.807) is 18.2 Å². The van der Waals surface area contributed by atoms with Crippen LogP contribution in [0.2, 0.25) is 5.02 Å². The predicted octanol–water partition coefficient (Wildman–Crippen LogP) is 4.33. The van der Waals surface area contributed by atoms with E-state index in [1.165, 1.54) is 16.8 Å². The first-order valence-corrected chi connectivity index (χ1v) is 8.70. The summed E-state index contributed by atoms with van der Waals surface area (Å²) >= 11 is 6.05. The Morgan fingerprint density at radius 1 is 1.26 bits per heavy atom. The van der Waals surface area contributed by atoms with Crippen molar-refractivity contribution in [3.05, 3.63) is 64.3 Å². The maximum Gasteiger partial charge on any atom is 0.275 e. The summed E-state index contributed by atoms with van der Waals surface area (Å²) in [7, 11) is 0. The fraction of sp³-hybridized carbons (Fsp3) is 0.211. The van der Waals surface area contributed by atoms with Crippen LogP contribution in [0.1, 0.15) is 28.8 Å². The van der Waals surface area contributed by atoms with E-state index in [0.29, 0.717) is 12.3 Å². The van der Waals surface area contributed by atoms with E-state index >= 15 is 0 Å². The molecule has 8 heteroatoms. The minimum Gasteiger partial charge on any atom is -0.478 e. The summed E-state index contributed by atoms with van der Waals surface area (Å²) in [5.74, 6) is -0.779. The number of hydrogen-bond acceptors (Lipinski definition) is 4. The number of pyridine rings is 1. The van der Waals surface area contributed by atoms with Gasteiger partial charge in [-0.25, -0.2) is 14.1 Å². The molecule has 0 aliphatic heterocycles. The van der Waals surface area contributed by atoms with Crippen molar-refractivity contribution < 1.29 is 13.9 Å². The molecule has 0 unspecified atom stereocenters. The van der Waals surface area contributed by atoms with Gasteiger partial charge in [0.1, 0.15) is 5.69 Å². The number of nitrogens with one attached hydrogen (secondary N) is 1. The minimum absolute atomic E-state index is 0.00523. The van der Waals surface area contributed by atoms with Crippen molar-refractivity contribution >= 4 is 23.2 Å². The number of nitrogens with zero attached hydrogens (tertiary/aromatic N) is 3. The molecule has 0 spiro atoms. The van der Waals surface area contributed by atoms with Crippen LogP contribution in [-0.4, -0.2) is 27.3 Å². The number of halogens is 2. The number of rotatable bonds is 5. The summed E-state index contributed by atoms with van der Waals surface area (Å²) in [5.41, 5.74) is 2.19. The highest BCUT2D eigenvalue weighted by Crippen LogP contribution is 2.22. The molecule has 1 amide bonds. The molecule has 0 aliphatic carbocycles. The molecule has 1 aromatic carbocycles. The van der Waals surface area contributed by atoms with Crippen LogP contribution >= 0.6 is 11.6 Å². The molecular weight excluding hydrogens is 371 g/mol. The average Bonchev–Trinajstić information content (AvgIpc) is 2.95. The normalized spacial score (nSPS) is 10.7. The summed E-state index contributed by atoms with van der Waals surface area (Å²) in [6.45, 7) is 5.90. The maximum atomic E-state index is 14.5. The Labute approximate surface area is 160 Å². The van der Waals surface area contributed by atoms with Crippen molar-refractivity contribution in [1.29, 1.82) is 0 Å². The van der Waals surface area contributed by atoms with E-state index in [2.05, 4.69) is 15.4 Å². The van der Waals surface area contributed by atoms with Gasteiger partial charge in [0, 0.05) is 17.4 Å². The number of aryl methyl sites for hydroxylation is 2. The largest absolute Gasteiger partial charge is 0.478 e. The van der Waals surface area contributed by atoms with Gasteiger partial charge in [-0.2, -0.15) is 5.10 Å². The highest BCUT2D eigenvalue weighted by molar-refractivity contribution is 6.34. The van der Waals surface area contributed by atoms with Crippen LogP contribution in [0, 0.1) is 19.7 Å². The van der Waals surface area contributed by atoms with E-state index in [9.17, 15) is 9.18 Å². The van der Waals surface area contributed by atoms with Crippen LogP contribution in [0.15, 0.2) is 36.4 Å². The van der Waals surface area contributed by atoms with E-state index in [-0.39, 0.29) is 22.3 Å². The SMILES string of the molecule is CCOc1ccc(Cl)c(C(=O)Nc2ccc(-n3nc(C)cc3C)c(F)c2)n1. The molecule has 27 heavy (non-hydrogen) atoms. The fourth-order valence-electron chi connectivity index (χ4n) is 2.63. The lowest BCUT2D eigenvalue weighted by Crippen LogP contribution is -2.15. The number of aromatic nitrogens is 3. The molecule has 3 rings (SSSR count). The molecule has 0 bridgehead atoms. The molecule has 0 aliphatic rings. The van der Waals surface area contributed by atoms with Crippen LogP contribution in [0.4, 0.5) is 10.1 Å². The number of hydrogen-bond donors (Lipinski definition) is 1. The monoisotopic (exact) mass is 388 g/mol. The highest BCUT2D eigenvalue weighted by atomic mass is 35.5. The molecule has 0 fully saturated rings. The Balaban J connectivity index is 1.84. The molecule has 2 aromatic heterocycles. The summed E-state index contributed by atoms with van der Waals surface area (Å²) in [4.78, 5) is 16.5. The molecule has 0 saturated heterocycles. The number of anilines is 1. The van der Waals surface area contributed by atoms with Gasteiger partial charge in [0.2, 0.25) is 5.88 Å². The summed E-state index contributed by atoms with van der Waals surface area (Å²) < 4.78 is 21.3. The lowest BCUT2D eigenvalue weighted by atomic mass is 10.2. The summed E-state index contributed by atoms with van der Waals surface area (Å²) in [6.07, 6.45) is 0. The topological polar surface area (TPSA) is 69.0 Å². The Bertz CT molecular complexity index is 1000. The van der Waals surface area contributed by atoms with E-state index in [4.69, 9.17) is 16.3 Å². The third kappa shape index (κ3) is 4.09. The van der Waals surface area contributed by atoms with Gasteiger partial charge in [-0.3, -0.25) is 4.79 Å². The molecule has 1 N–H and O–H groups in total. The second-order valence-corrected chi connectivity index (χ2v) is 6.28. The van der Waals surface area contributed by atoms with Gasteiger partial charge in [0.05, 0.1) is 17.3 Å². The van der Waals surface area contributed by atoms with Crippen molar-refractivity contribution in [2.24, 2.45) is 0 Å². The number of amides is 1. The highest BCUT2D eigenvalue weighted by Gasteiger charge is 2.16. The van der Waals surface area contributed by atoms with E-state index < -0.39 is 11.7 Å². The summed E-state index contributed by atoms with van der Waals surface area (Å²) in [5, 5.41) is 7.04. The smallest absolute Gasteiger partial charge is 0.275 e. The standard InChI is InChI=1S/C19H18ClFN4O2/c1-4-27-17-8-6-14(20)18(23-17)19(26)22-13-5-7-16(15(21)10-13)25-12(3)9-11(2)24-25/h5-10H,4H2,1-3H3,(H,22,26). The van der Waals surface area contributed by atoms with Crippen molar-refractivity contribution in [2.45, 2.75) is 20.8 Å². The lowest BCUT2D eigenvalue weighted by molar-refractivity contribution is 0.102. The van der Waals surface area contributed by atoms with E-state index in [0.717, 1.165) is 11.4 Å². The van der Waals surface area contributed by atoms with Gasteiger partial charge >= 0.3 is 0 Å². The Hall–Kier alpha value is -2.93. The lowest BCUT2D eigenvalue weighted by Gasteiger charge is -2.10. The van der Waals surface area contributed by atoms with Gasteiger partial charge < -0.3 is 10.1 Å². The molecule has 2 heterocycles. The van der Waals surface area contributed by atoms with Gasteiger partial charge in [-0.05, 0) is 51.1 Å².